The molecule has 2 fully saturated rings. The summed E-state index contributed by atoms with van der Waals surface area (Å²) in [7, 11) is 6.56. The van der Waals surface area contributed by atoms with Crippen molar-refractivity contribution in [2.75, 3.05) is 13.2 Å². The second-order valence-corrected chi connectivity index (χ2v) is 9.13. The molecule has 29 heavy (non-hydrogen) atoms. The van der Waals surface area contributed by atoms with Gasteiger partial charge in [-0.05, 0) is 34.1 Å². The zero-order chi connectivity index (χ0) is 22.0. The molecular weight excluding hydrogens is 405 g/mol. The lowest BCUT2D eigenvalue weighted by Crippen LogP contribution is -2.50. The van der Waals surface area contributed by atoms with E-state index >= 15 is 0 Å². The number of aliphatic hydroxyl groups is 2. The Morgan fingerprint density at radius 3 is 2.34 bits per heavy atom. The number of hydrogen-bond donors (Lipinski definition) is 3. The van der Waals surface area contributed by atoms with E-state index < -0.39 is 50.0 Å². The van der Waals surface area contributed by atoms with Crippen molar-refractivity contribution in [1.82, 2.24) is 0 Å². The highest BCUT2D eigenvalue weighted by atomic mass is 31.2. The van der Waals surface area contributed by atoms with E-state index in [0.717, 1.165) is 0 Å². The molecule has 3 N–H and O–H groups in total. The van der Waals surface area contributed by atoms with Gasteiger partial charge in [-0.25, -0.2) is 4.57 Å². The minimum absolute atomic E-state index is 0.100. The molecule has 0 amide bonds. The van der Waals surface area contributed by atoms with E-state index in [9.17, 15) is 19.7 Å². The molecular formula is C16H29B2O10P. The van der Waals surface area contributed by atoms with Gasteiger partial charge in [-0.15, -0.1) is 0 Å². The number of hydrogen-bond acceptors (Lipinski definition) is 9. The maximum Gasteiger partial charge on any atom is 0.472 e. The van der Waals surface area contributed by atoms with Crippen LogP contribution < -0.4 is 0 Å². The molecule has 0 aromatic carbocycles. The fourth-order valence-corrected chi connectivity index (χ4v) is 4.06. The summed E-state index contributed by atoms with van der Waals surface area (Å²) in [6.07, 6.45) is -3.78. The molecule has 2 saturated heterocycles. The second-order valence-electron chi connectivity index (χ2n) is 7.72. The molecule has 13 heteroatoms. The Kier molecular flexibility index (Phi) is 8.78. The van der Waals surface area contributed by atoms with E-state index in [-0.39, 0.29) is 25.4 Å². The SMILES string of the molecule is [B][C@@H]1O[C@H](COC(C)C)C(OP(=O)(O)OC[C@H]2O[C@@H]([B])CC2OC(C)C)C1(O)O. The molecule has 0 aliphatic carbocycles. The largest absolute Gasteiger partial charge is 0.472 e. The van der Waals surface area contributed by atoms with Gasteiger partial charge in [0, 0.05) is 6.00 Å². The topological polar surface area (TPSA) is 133 Å². The lowest BCUT2D eigenvalue weighted by molar-refractivity contribution is -0.211. The molecule has 164 valence electrons. The normalized spacial score (nSPS) is 36.7. The molecule has 0 spiro atoms. The Balaban J connectivity index is 1.99. The third-order valence-corrected chi connectivity index (χ3v) is 5.38. The Bertz CT molecular complexity index is 578. The van der Waals surface area contributed by atoms with E-state index in [1.807, 2.05) is 13.8 Å². The molecule has 0 aromatic heterocycles. The van der Waals surface area contributed by atoms with Gasteiger partial charge < -0.3 is 34.1 Å². The van der Waals surface area contributed by atoms with Crippen LogP contribution in [-0.4, -0.2) is 98.4 Å². The minimum Gasteiger partial charge on any atom is -0.380 e. The number of rotatable bonds is 10. The molecule has 2 aliphatic heterocycles. The van der Waals surface area contributed by atoms with Crippen LogP contribution in [0.25, 0.3) is 0 Å². The summed E-state index contributed by atoms with van der Waals surface area (Å²) < 4.78 is 44.2. The quantitative estimate of drug-likeness (QED) is 0.236. The second kappa shape index (κ2) is 10.1. The van der Waals surface area contributed by atoms with Crippen molar-refractivity contribution in [2.45, 2.75) is 88.5 Å². The summed E-state index contributed by atoms with van der Waals surface area (Å²) in [5, 5.41) is 20.3. The first-order valence-electron chi connectivity index (χ1n) is 9.51. The standard InChI is InChI=1S/C16H29B2O10P/c1-8(2)23-6-12-14(16(19,20)15(18)27-12)28-29(21,22)24-7-11-10(25-9(3)4)5-13(17)26-11/h8-15,19-20H,5-7H2,1-4H3,(H,21,22)/t10?,11-,12-,13-,14?,15-/m1/s1. The fourth-order valence-electron chi connectivity index (χ4n) is 3.08. The maximum absolute atomic E-state index is 12.4. The average molecular weight is 434 g/mol. The zero-order valence-corrected chi connectivity index (χ0v) is 17.9. The van der Waals surface area contributed by atoms with Crippen molar-refractivity contribution in [1.29, 1.82) is 0 Å². The average Bonchev–Trinajstić information content (AvgIpc) is 3.02. The van der Waals surface area contributed by atoms with Crippen LogP contribution in [0.15, 0.2) is 0 Å². The Morgan fingerprint density at radius 2 is 1.76 bits per heavy atom. The fraction of sp³-hybridized carbons (Fsp3) is 1.00. The number of ether oxygens (including phenoxy) is 4. The van der Waals surface area contributed by atoms with Gasteiger partial charge in [0.05, 0.1) is 37.5 Å². The van der Waals surface area contributed by atoms with Crippen molar-refractivity contribution in [3.05, 3.63) is 0 Å². The van der Waals surface area contributed by atoms with Crippen LogP contribution in [0.1, 0.15) is 34.1 Å². The van der Waals surface area contributed by atoms with Gasteiger partial charge >= 0.3 is 7.82 Å². The Labute approximate surface area is 173 Å². The lowest BCUT2D eigenvalue weighted by Gasteiger charge is -2.29. The Hall–Kier alpha value is -0.000130. The van der Waals surface area contributed by atoms with Gasteiger partial charge in [0.15, 0.2) is 6.10 Å². The van der Waals surface area contributed by atoms with Gasteiger partial charge in [0.2, 0.25) is 5.79 Å². The monoisotopic (exact) mass is 434 g/mol. The summed E-state index contributed by atoms with van der Waals surface area (Å²) in [6, 6.07) is -2.15. The van der Waals surface area contributed by atoms with Crippen molar-refractivity contribution in [3.8, 4) is 0 Å². The van der Waals surface area contributed by atoms with Crippen LogP contribution in [0.4, 0.5) is 0 Å². The number of phosphoric ester groups is 1. The molecule has 10 nitrogen and oxygen atoms in total. The molecule has 0 aromatic rings. The highest BCUT2D eigenvalue weighted by Crippen LogP contribution is 2.49. The van der Waals surface area contributed by atoms with Gasteiger partial charge in [0.25, 0.3) is 0 Å². The van der Waals surface area contributed by atoms with Crippen LogP contribution in [-0.2, 0) is 32.6 Å². The molecule has 4 radical (unpaired) electrons. The minimum atomic E-state index is -4.75. The number of phosphoric acid groups is 1. The smallest absolute Gasteiger partial charge is 0.380 e. The van der Waals surface area contributed by atoms with Gasteiger partial charge in [-0.3, -0.25) is 9.05 Å². The zero-order valence-electron chi connectivity index (χ0n) is 17.0. The van der Waals surface area contributed by atoms with Gasteiger partial charge in [0.1, 0.15) is 27.9 Å². The van der Waals surface area contributed by atoms with E-state index in [0.29, 0.717) is 6.42 Å². The van der Waals surface area contributed by atoms with Crippen LogP contribution in [0.3, 0.4) is 0 Å². The summed E-state index contributed by atoms with van der Waals surface area (Å²) in [4.78, 5) is 10.1. The van der Waals surface area contributed by atoms with E-state index in [2.05, 4.69) is 0 Å². The molecule has 7 atom stereocenters. The summed E-state index contributed by atoms with van der Waals surface area (Å²) in [5.74, 6) is -2.72. The Morgan fingerprint density at radius 1 is 1.10 bits per heavy atom. The van der Waals surface area contributed by atoms with Crippen LogP contribution >= 0.6 is 7.82 Å². The molecule has 2 aliphatic rings. The van der Waals surface area contributed by atoms with Crippen LogP contribution in [0, 0.1) is 0 Å². The lowest BCUT2D eigenvalue weighted by atomic mass is 9.90. The molecule has 2 rings (SSSR count). The molecule has 0 saturated carbocycles. The highest BCUT2D eigenvalue weighted by molar-refractivity contribution is 7.47. The third kappa shape index (κ3) is 7.00. The maximum atomic E-state index is 12.4. The predicted octanol–water partition coefficient (Wildman–Crippen LogP) is -0.435. The van der Waals surface area contributed by atoms with Crippen molar-refractivity contribution < 1.29 is 47.7 Å². The van der Waals surface area contributed by atoms with Crippen molar-refractivity contribution >= 4 is 23.5 Å². The highest BCUT2D eigenvalue weighted by Gasteiger charge is 2.56. The van der Waals surface area contributed by atoms with Gasteiger partial charge in [-0.2, -0.15) is 0 Å². The predicted molar refractivity (Wildman–Crippen MR) is 102 cm³/mol. The molecule has 2 heterocycles. The first-order chi connectivity index (χ1) is 13.3. The summed E-state index contributed by atoms with van der Waals surface area (Å²) >= 11 is 0. The third-order valence-electron chi connectivity index (χ3n) is 4.41. The molecule has 3 unspecified atom stereocenters. The first kappa shape index (κ1) is 25.3. The van der Waals surface area contributed by atoms with E-state index in [4.69, 9.17) is 43.7 Å². The van der Waals surface area contributed by atoms with Crippen LogP contribution in [0.2, 0.25) is 0 Å². The van der Waals surface area contributed by atoms with Gasteiger partial charge in [-0.1, -0.05) is 0 Å². The van der Waals surface area contributed by atoms with Crippen molar-refractivity contribution in [3.63, 3.8) is 0 Å². The van der Waals surface area contributed by atoms with Crippen molar-refractivity contribution in [2.24, 2.45) is 0 Å². The summed E-state index contributed by atoms with van der Waals surface area (Å²) in [6.45, 7) is 6.72. The first-order valence-corrected chi connectivity index (χ1v) is 11.0. The summed E-state index contributed by atoms with van der Waals surface area (Å²) in [5.41, 5.74) is 0. The molecule has 0 bridgehead atoms. The van der Waals surface area contributed by atoms with E-state index in [1.165, 1.54) is 0 Å². The van der Waals surface area contributed by atoms with Crippen LogP contribution in [0.5, 0.6) is 0 Å². The van der Waals surface area contributed by atoms with E-state index in [1.54, 1.807) is 13.8 Å².